The summed E-state index contributed by atoms with van der Waals surface area (Å²) in [6.45, 7) is 4.74. The molecule has 1 heterocycles. The normalized spacial score (nSPS) is 12.9. The molecule has 0 fully saturated rings. The third-order valence-corrected chi connectivity index (χ3v) is 11.1. The van der Waals surface area contributed by atoms with E-state index in [4.69, 9.17) is 9.97 Å². The van der Waals surface area contributed by atoms with Crippen LogP contribution >= 0.6 is 0 Å². The van der Waals surface area contributed by atoms with Gasteiger partial charge in [0.05, 0.1) is 11.4 Å². The number of rotatable bonds is 5. The second-order valence-electron chi connectivity index (χ2n) is 14.6. The SMILES string of the molecule is CC1(C)c2cc3ccccc3cc2-c2c(-c3ccc(-c4ccc(-c5nc(-c6ccccc6)cc(-c6ccccc6)n5)cc4)c4ccccc34)cccc21. The molecule has 0 aliphatic heterocycles. The van der Waals surface area contributed by atoms with E-state index in [0.717, 1.165) is 33.6 Å². The van der Waals surface area contributed by atoms with Crippen LogP contribution in [0.1, 0.15) is 25.0 Å². The number of hydrogen-bond acceptors (Lipinski definition) is 2. The standard InChI is InChI=1S/C51H36N2/c1-51(2)45-23-13-22-43(49(45)44-30-37-18-9-10-19-38(37)31-46(44)51)42-29-28-39(40-20-11-12-21-41(40)42)33-24-26-36(27-25-33)50-52-47(34-14-5-3-6-15-34)32-48(53-50)35-16-7-4-8-17-35/h3-32H,1-2H3. The van der Waals surface area contributed by atoms with Gasteiger partial charge in [-0.2, -0.15) is 0 Å². The van der Waals surface area contributed by atoms with E-state index in [-0.39, 0.29) is 5.41 Å². The largest absolute Gasteiger partial charge is 0.228 e. The van der Waals surface area contributed by atoms with Gasteiger partial charge in [-0.05, 0) is 84.3 Å². The second kappa shape index (κ2) is 12.3. The lowest BCUT2D eigenvalue weighted by molar-refractivity contribution is 0.661. The number of hydrogen-bond donors (Lipinski definition) is 0. The fourth-order valence-electron chi connectivity index (χ4n) is 8.37. The lowest BCUT2D eigenvalue weighted by Crippen LogP contribution is -2.14. The highest BCUT2D eigenvalue weighted by Gasteiger charge is 2.37. The highest BCUT2D eigenvalue weighted by atomic mass is 14.9. The van der Waals surface area contributed by atoms with Crippen molar-refractivity contribution < 1.29 is 0 Å². The molecule has 1 aliphatic carbocycles. The highest BCUT2D eigenvalue weighted by Crippen LogP contribution is 2.54. The van der Waals surface area contributed by atoms with E-state index in [1.54, 1.807) is 0 Å². The van der Waals surface area contributed by atoms with Crippen LogP contribution < -0.4 is 0 Å². The van der Waals surface area contributed by atoms with Crippen LogP contribution in [0.4, 0.5) is 0 Å². The van der Waals surface area contributed by atoms with Gasteiger partial charge < -0.3 is 0 Å². The van der Waals surface area contributed by atoms with Crippen molar-refractivity contribution in [2.24, 2.45) is 0 Å². The van der Waals surface area contributed by atoms with Crippen LogP contribution in [-0.4, -0.2) is 9.97 Å². The second-order valence-corrected chi connectivity index (χ2v) is 14.6. The molecule has 8 aromatic carbocycles. The molecule has 0 amide bonds. The third kappa shape index (κ3) is 5.18. The van der Waals surface area contributed by atoms with Gasteiger partial charge in [-0.1, -0.05) is 178 Å². The summed E-state index contributed by atoms with van der Waals surface area (Å²) in [5.74, 6) is 0.714. The molecule has 2 heteroatoms. The zero-order valence-electron chi connectivity index (χ0n) is 29.7. The van der Waals surface area contributed by atoms with Crippen LogP contribution in [0.5, 0.6) is 0 Å². The molecule has 0 saturated heterocycles. The van der Waals surface area contributed by atoms with Crippen LogP contribution in [0.3, 0.4) is 0 Å². The van der Waals surface area contributed by atoms with Gasteiger partial charge in [0.25, 0.3) is 0 Å². The average Bonchev–Trinajstić information content (AvgIpc) is 3.45. The summed E-state index contributed by atoms with van der Waals surface area (Å²) in [5, 5.41) is 5.06. The Bertz CT molecular complexity index is 2780. The van der Waals surface area contributed by atoms with Gasteiger partial charge in [-0.25, -0.2) is 9.97 Å². The fourth-order valence-corrected chi connectivity index (χ4v) is 8.37. The van der Waals surface area contributed by atoms with Crippen molar-refractivity contribution in [1.82, 2.24) is 9.97 Å². The first-order valence-electron chi connectivity index (χ1n) is 18.3. The van der Waals surface area contributed by atoms with Gasteiger partial charge in [-0.3, -0.25) is 0 Å². The van der Waals surface area contributed by atoms with Crippen LogP contribution in [0.25, 0.3) is 88.8 Å². The van der Waals surface area contributed by atoms with Crippen molar-refractivity contribution in [3.63, 3.8) is 0 Å². The molecular weight excluding hydrogens is 641 g/mol. The third-order valence-electron chi connectivity index (χ3n) is 11.1. The van der Waals surface area contributed by atoms with Gasteiger partial charge in [0.1, 0.15) is 0 Å². The Labute approximate surface area is 310 Å². The molecule has 0 unspecified atom stereocenters. The summed E-state index contributed by atoms with van der Waals surface area (Å²) < 4.78 is 0. The van der Waals surface area contributed by atoms with E-state index in [1.807, 2.05) is 12.1 Å². The molecule has 53 heavy (non-hydrogen) atoms. The lowest BCUT2D eigenvalue weighted by atomic mass is 9.81. The summed E-state index contributed by atoms with van der Waals surface area (Å²) in [7, 11) is 0. The van der Waals surface area contributed by atoms with Crippen molar-refractivity contribution in [3.05, 3.63) is 193 Å². The minimum Gasteiger partial charge on any atom is -0.228 e. The first kappa shape index (κ1) is 31.1. The monoisotopic (exact) mass is 676 g/mol. The Hall–Kier alpha value is -6.64. The summed E-state index contributed by atoms with van der Waals surface area (Å²) in [6, 6.07) is 65.4. The number of fused-ring (bicyclic) bond motifs is 5. The highest BCUT2D eigenvalue weighted by molar-refractivity contribution is 6.08. The van der Waals surface area contributed by atoms with Gasteiger partial charge in [-0.15, -0.1) is 0 Å². The Morgan fingerprint density at radius 1 is 0.358 bits per heavy atom. The zero-order chi connectivity index (χ0) is 35.5. The van der Waals surface area contributed by atoms with E-state index in [9.17, 15) is 0 Å². The van der Waals surface area contributed by atoms with Crippen LogP contribution in [0, 0.1) is 0 Å². The Morgan fingerprint density at radius 2 is 0.906 bits per heavy atom. The van der Waals surface area contributed by atoms with E-state index >= 15 is 0 Å². The Balaban J connectivity index is 1.08. The van der Waals surface area contributed by atoms with Crippen molar-refractivity contribution in [2.75, 3.05) is 0 Å². The summed E-state index contributed by atoms with van der Waals surface area (Å²) in [5.41, 5.74) is 15.3. The maximum absolute atomic E-state index is 5.06. The molecule has 2 nitrogen and oxygen atoms in total. The van der Waals surface area contributed by atoms with E-state index in [1.165, 1.54) is 60.5 Å². The van der Waals surface area contributed by atoms with E-state index in [2.05, 4.69) is 184 Å². The number of aromatic nitrogens is 2. The summed E-state index contributed by atoms with van der Waals surface area (Å²) in [6.07, 6.45) is 0. The molecule has 1 aliphatic rings. The van der Waals surface area contributed by atoms with Crippen LogP contribution in [-0.2, 0) is 5.41 Å². The minimum atomic E-state index is -0.0889. The predicted molar refractivity (Wildman–Crippen MR) is 222 cm³/mol. The lowest BCUT2D eigenvalue weighted by Gasteiger charge is -2.22. The Morgan fingerprint density at radius 3 is 1.57 bits per heavy atom. The van der Waals surface area contributed by atoms with E-state index in [0.29, 0.717) is 5.82 Å². The van der Waals surface area contributed by atoms with Crippen molar-refractivity contribution in [2.45, 2.75) is 19.3 Å². The van der Waals surface area contributed by atoms with Gasteiger partial charge in [0, 0.05) is 22.1 Å². The van der Waals surface area contributed by atoms with Crippen molar-refractivity contribution in [3.8, 4) is 67.3 Å². The molecule has 250 valence electrons. The van der Waals surface area contributed by atoms with Crippen LogP contribution in [0.15, 0.2) is 182 Å². The van der Waals surface area contributed by atoms with Crippen LogP contribution in [0.2, 0.25) is 0 Å². The summed E-state index contributed by atoms with van der Waals surface area (Å²) in [4.78, 5) is 10.1. The van der Waals surface area contributed by atoms with Gasteiger partial charge in [0.2, 0.25) is 0 Å². The van der Waals surface area contributed by atoms with E-state index < -0.39 is 0 Å². The minimum absolute atomic E-state index is 0.0889. The quantitative estimate of drug-likeness (QED) is 0.181. The molecule has 0 N–H and O–H groups in total. The Kier molecular flexibility index (Phi) is 7.19. The topological polar surface area (TPSA) is 25.8 Å². The summed E-state index contributed by atoms with van der Waals surface area (Å²) >= 11 is 0. The molecule has 10 rings (SSSR count). The molecule has 0 saturated carbocycles. The van der Waals surface area contributed by atoms with Gasteiger partial charge >= 0.3 is 0 Å². The first-order chi connectivity index (χ1) is 26.0. The molecule has 0 atom stereocenters. The predicted octanol–water partition coefficient (Wildman–Crippen LogP) is 13.4. The van der Waals surface area contributed by atoms with Crippen molar-refractivity contribution >= 4 is 21.5 Å². The molecule has 0 radical (unpaired) electrons. The maximum Gasteiger partial charge on any atom is 0.160 e. The van der Waals surface area contributed by atoms with Gasteiger partial charge in [0.15, 0.2) is 5.82 Å². The molecular formula is C51H36N2. The fraction of sp³-hybridized carbons (Fsp3) is 0.0588. The number of benzene rings is 8. The first-order valence-corrected chi connectivity index (χ1v) is 18.3. The number of nitrogens with zero attached hydrogens (tertiary/aromatic N) is 2. The zero-order valence-corrected chi connectivity index (χ0v) is 29.7. The smallest absolute Gasteiger partial charge is 0.160 e. The molecule has 1 aromatic heterocycles. The molecule has 0 spiro atoms. The average molecular weight is 677 g/mol. The molecule has 0 bridgehead atoms. The molecule has 9 aromatic rings. The van der Waals surface area contributed by atoms with Crippen molar-refractivity contribution in [1.29, 1.82) is 0 Å². The maximum atomic E-state index is 5.06.